The molecule has 0 saturated carbocycles. The van der Waals surface area contributed by atoms with Gasteiger partial charge < -0.3 is 5.32 Å². The van der Waals surface area contributed by atoms with Crippen LogP contribution in [0.4, 0.5) is 8.78 Å². The first-order valence-corrected chi connectivity index (χ1v) is 6.87. The van der Waals surface area contributed by atoms with Crippen LogP contribution in [-0.4, -0.2) is 23.0 Å². The normalized spacial score (nSPS) is 23.1. The number of hydrogen-bond acceptors (Lipinski definition) is 2. The second kappa shape index (κ2) is 5.26. The quantitative estimate of drug-likeness (QED) is 0.915. The van der Waals surface area contributed by atoms with Crippen LogP contribution in [0.3, 0.4) is 0 Å². The van der Waals surface area contributed by atoms with Crippen molar-refractivity contribution in [1.82, 2.24) is 5.32 Å². The summed E-state index contributed by atoms with van der Waals surface area (Å²) in [6, 6.07) is 3.62. The van der Waals surface area contributed by atoms with Crippen LogP contribution in [0.15, 0.2) is 18.2 Å². The summed E-state index contributed by atoms with van der Waals surface area (Å²) in [4.78, 5) is 11.8. The van der Waals surface area contributed by atoms with Gasteiger partial charge in [0.1, 0.15) is 0 Å². The van der Waals surface area contributed by atoms with Gasteiger partial charge in [0, 0.05) is 11.3 Å². The van der Waals surface area contributed by atoms with Crippen LogP contribution in [0, 0.1) is 11.6 Å². The number of thioether (sulfide) groups is 1. The van der Waals surface area contributed by atoms with Gasteiger partial charge >= 0.3 is 0 Å². The first-order chi connectivity index (χ1) is 8.52. The first kappa shape index (κ1) is 13.3. The lowest BCUT2D eigenvalue weighted by Crippen LogP contribution is -2.37. The van der Waals surface area contributed by atoms with Crippen molar-refractivity contribution < 1.29 is 13.6 Å². The maximum atomic E-state index is 13.4. The second-order valence-electron chi connectivity index (χ2n) is 4.69. The average Bonchev–Trinajstić information content (AvgIpc) is 2.77. The Balaban J connectivity index is 2.01. The van der Waals surface area contributed by atoms with E-state index in [0.717, 1.165) is 24.7 Å². The average molecular weight is 271 g/mol. The summed E-state index contributed by atoms with van der Waals surface area (Å²) in [7, 11) is 0. The summed E-state index contributed by atoms with van der Waals surface area (Å²) >= 11 is 1.81. The van der Waals surface area contributed by atoms with E-state index in [0.29, 0.717) is 6.54 Å². The molecule has 1 amide bonds. The molecule has 2 rings (SSSR count). The fourth-order valence-corrected chi connectivity index (χ4v) is 3.26. The SMILES string of the molecule is CC1(CNC(=O)c2cccc(F)c2F)CCCS1. The van der Waals surface area contributed by atoms with Gasteiger partial charge in [-0.05, 0) is 37.7 Å². The minimum atomic E-state index is -1.08. The molecule has 18 heavy (non-hydrogen) atoms. The first-order valence-electron chi connectivity index (χ1n) is 5.88. The number of nitrogens with one attached hydrogen (secondary N) is 1. The molecule has 1 aliphatic rings. The summed E-state index contributed by atoms with van der Waals surface area (Å²) < 4.78 is 26.4. The van der Waals surface area contributed by atoms with E-state index in [2.05, 4.69) is 12.2 Å². The molecule has 5 heteroatoms. The van der Waals surface area contributed by atoms with Gasteiger partial charge in [-0.3, -0.25) is 4.79 Å². The number of rotatable bonds is 3. The summed E-state index contributed by atoms with van der Waals surface area (Å²) in [5.74, 6) is -1.55. The van der Waals surface area contributed by atoms with Crippen LogP contribution in [0.2, 0.25) is 0 Å². The zero-order valence-electron chi connectivity index (χ0n) is 10.1. The van der Waals surface area contributed by atoms with E-state index in [9.17, 15) is 13.6 Å². The molecular formula is C13H15F2NOS. The molecule has 1 unspecified atom stereocenters. The number of carbonyl (C=O) groups excluding carboxylic acids is 1. The van der Waals surface area contributed by atoms with E-state index >= 15 is 0 Å². The fourth-order valence-electron chi connectivity index (χ4n) is 2.02. The number of amides is 1. The predicted octanol–water partition coefficient (Wildman–Crippen LogP) is 2.98. The molecule has 1 saturated heterocycles. The molecule has 1 fully saturated rings. The maximum absolute atomic E-state index is 13.4. The molecule has 1 N–H and O–H groups in total. The molecule has 2 nitrogen and oxygen atoms in total. The van der Waals surface area contributed by atoms with Crippen molar-refractivity contribution in [3.05, 3.63) is 35.4 Å². The second-order valence-corrected chi connectivity index (χ2v) is 6.37. The van der Waals surface area contributed by atoms with E-state index in [1.807, 2.05) is 0 Å². The Bertz CT molecular complexity index is 458. The monoisotopic (exact) mass is 271 g/mol. The Morgan fingerprint density at radius 1 is 1.50 bits per heavy atom. The Morgan fingerprint density at radius 3 is 2.94 bits per heavy atom. The Morgan fingerprint density at radius 2 is 2.28 bits per heavy atom. The molecular weight excluding hydrogens is 256 g/mol. The smallest absolute Gasteiger partial charge is 0.254 e. The van der Waals surface area contributed by atoms with Crippen LogP contribution < -0.4 is 5.32 Å². The Hall–Kier alpha value is -1.10. The molecule has 0 spiro atoms. The fraction of sp³-hybridized carbons (Fsp3) is 0.462. The Kier molecular flexibility index (Phi) is 3.90. The van der Waals surface area contributed by atoms with Crippen molar-refractivity contribution >= 4 is 17.7 Å². The third-order valence-corrected chi connectivity index (χ3v) is 4.66. The van der Waals surface area contributed by atoms with E-state index in [4.69, 9.17) is 0 Å². The van der Waals surface area contributed by atoms with Gasteiger partial charge in [-0.15, -0.1) is 0 Å². The molecule has 1 atom stereocenters. The standard InChI is InChI=1S/C13H15F2NOS/c1-13(6-3-7-18-13)8-16-12(17)9-4-2-5-10(14)11(9)15/h2,4-5H,3,6-8H2,1H3,(H,16,17). The summed E-state index contributed by atoms with van der Waals surface area (Å²) in [5, 5.41) is 2.68. The molecule has 0 aromatic heterocycles. The lowest BCUT2D eigenvalue weighted by Gasteiger charge is -2.22. The number of benzene rings is 1. The van der Waals surface area contributed by atoms with Gasteiger partial charge in [0.05, 0.1) is 5.56 Å². The van der Waals surface area contributed by atoms with Crippen molar-refractivity contribution in [3.63, 3.8) is 0 Å². The van der Waals surface area contributed by atoms with E-state index < -0.39 is 17.5 Å². The van der Waals surface area contributed by atoms with E-state index in [-0.39, 0.29) is 10.3 Å². The third-order valence-electron chi connectivity index (χ3n) is 3.12. The lowest BCUT2D eigenvalue weighted by atomic mass is 10.1. The topological polar surface area (TPSA) is 29.1 Å². The maximum Gasteiger partial charge on any atom is 0.254 e. The largest absolute Gasteiger partial charge is 0.351 e. The predicted molar refractivity (Wildman–Crippen MR) is 68.8 cm³/mol. The highest BCUT2D eigenvalue weighted by atomic mass is 32.2. The molecule has 1 aromatic carbocycles. The van der Waals surface area contributed by atoms with Gasteiger partial charge in [0.15, 0.2) is 11.6 Å². The zero-order valence-corrected chi connectivity index (χ0v) is 10.9. The summed E-state index contributed by atoms with van der Waals surface area (Å²) in [5.41, 5.74) is -0.235. The Labute approximate surface area is 109 Å². The van der Waals surface area contributed by atoms with Crippen molar-refractivity contribution in [1.29, 1.82) is 0 Å². The van der Waals surface area contributed by atoms with Crippen LogP contribution in [-0.2, 0) is 0 Å². The molecule has 0 bridgehead atoms. The molecule has 0 aliphatic carbocycles. The van der Waals surface area contributed by atoms with Crippen molar-refractivity contribution in [3.8, 4) is 0 Å². The van der Waals surface area contributed by atoms with Crippen molar-refractivity contribution in [2.45, 2.75) is 24.5 Å². The highest BCUT2D eigenvalue weighted by Crippen LogP contribution is 2.36. The molecule has 1 heterocycles. The summed E-state index contributed by atoms with van der Waals surface area (Å²) in [6.07, 6.45) is 2.16. The van der Waals surface area contributed by atoms with Gasteiger partial charge in [0.2, 0.25) is 0 Å². The van der Waals surface area contributed by atoms with Crippen LogP contribution in [0.5, 0.6) is 0 Å². The van der Waals surface area contributed by atoms with Gasteiger partial charge in [-0.25, -0.2) is 8.78 Å². The van der Waals surface area contributed by atoms with Gasteiger partial charge in [-0.1, -0.05) is 6.07 Å². The lowest BCUT2D eigenvalue weighted by molar-refractivity contribution is 0.0945. The van der Waals surface area contributed by atoms with Crippen molar-refractivity contribution in [2.75, 3.05) is 12.3 Å². The summed E-state index contributed by atoms with van der Waals surface area (Å²) in [6.45, 7) is 2.55. The molecule has 1 aliphatic heterocycles. The zero-order chi connectivity index (χ0) is 13.2. The van der Waals surface area contributed by atoms with E-state index in [1.54, 1.807) is 11.8 Å². The minimum Gasteiger partial charge on any atom is -0.351 e. The molecule has 0 radical (unpaired) electrons. The highest BCUT2D eigenvalue weighted by Gasteiger charge is 2.30. The number of halogens is 2. The van der Waals surface area contributed by atoms with Crippen LogP contribution in [0.25, 0.3) is 0 Å². The minimum absolute atomic E-state index is 0.0134. The molecule has 1 aromatic rings. The van der Waals surface area contributed by atoms with Crippen LogP contribution in [0.1, 0.15) is 30.1 Å². The van der Waals surface area contributed by atoms with Crippen molar-refractivity contribution in [2.24, 2.45) is 0 Å². The van der Waals surface area contributed by atoms with Gasteiger partial charge in [0.25, 0.3) is 5.91 Å². The van der Waals surface area contributed by atoms with Gasteiger partial charge in [-0.2, -0.15) is 11.8 Å². The molecule has 98 valence electrons. The highest BCUT2D eigenvalue weighted by molar-refractivity contribution is 8.00. The number of carbonyl (C=O) groups is 1. The van der Waals surface area contributed by atoms with E-state index in [1.165, 1.54) is 12.1 Å². The third kappa shape index (κ3) is 2.83. The van der Waals surface area contributed by atoms with Crippen LogP contribution >= 0.6 is 11.8 Å². The number of hydrogen-bond donors (Lipinski definition) is 1.